The van der Waals surface area contributed by atoms with Crippen LogP contribution in [0.1, 0.15) is 49.8 Å². The summed E-state index contributed by atoms with van der Waals surface area (Å²) in [5.74, 6) is 0.282. The van der Waals surface area contributed by atoms with Crippen molar-refractivity contribution in [1.29, 1.82) is 0 Å². The highest BCUT2D eigenvalue weighted by atomic mass is 16.5. The van der Waals surface area contributed by atoms with Crippen LogP contribution in [0.4, 0.5) is 0 Å². The summed E-state index contributed by atoms with van der Waals surface area (Å²) in [6.45, 7) is 7.23. The molecule has 0 spiro atoms. The van der Waals surface area contributed by atoms with E-state index in [0.717, 1.165) is 60.2 Å². The predicted octanol–water partition coefficient (Wildman–Crippen LogP) is 7.11. The number of benzene rings is 4. The molecule has 39 heavy (non-hydrogen) atoms. The Morgan fingerprint density at radius 1 is 0.795 bits per heavy atom. The molecule has 5 rings (SSSR count). The Labute approximate surface area is 233 Å². The van der Waals surface area contributed by atoms with Crippen LogP contribution in [0.3, 0.4) is 0 Å². The first kappa shape index (κ1) is 27.1. The van der Waals surface area contributed by atoms with Gasteiger partial charge in [-0.2, -0.15) is 0 Å². The molecule has 1 aliphatic heterocycles. The molecular formula is C35H40N2O2. The van der Waals surface area contributed by atoms with Crippen molar-refractivity contribution in [3.8, 4) is 16.9 Å². The number of aromatic hydroxyl groups is 1. The SMILES string of the molecule is CC(C)(CCC(N)(c1ccccc1)c1ccccc1)N1CC[C@H](OCc2cccc(-c3ccc(O)cc3)c2)C1. The third-order valence-corrected chi connectivity index (χ3v) is 8.32. The van der Waals surface area contributed by atoms with Gasteiger partial charge in [0, 0.05) is 18.6 Å². The lowest BCUT2D eigenvalue weighted by atomic mass is 9.77. The number of hydrogen-bond acceptors (Lipinski definition) is 4. The second-order valence-electron chi connectivity index (χ2n) is 11.4. The van der Waals surface area contributed by atoms with E-state index in [1.807, 2.05) is 24.3 Å². The minimum absolute atomic E-state index is 0.00504. The first-order valence-corrected chi connectivity index (χ1v) is 14.0. The average molecular weight is 521 g/mol. The van der Waals surface area contributed by atoms with Crippen molar-refractivity contribution in [2.75, 3.05) is 13.1 Å². The van der Waals surface area contributed by atoms with Crippen molar-refractivity contribution < 1.29 is 9.84 Å². The van der Waals surface area contributed by atoms with Crippen LogP contribution in [0.15, 0.2) is 109 Å². The number of nitrogens with two attached hydrogens (primary N) is 1. The van der Waals surface area contributed by atoms with Gasteiger partial charge in [-0.1, -0.05) is 91.0 Å². The van der Waals surface area contributed by atoms with E-state index in [9.17, 15) is 5.11 Å². The molecule has 4 aromatic carbocycles. The van der Waals surface area contributed by atoms with Crippen LogP contribution < -0.4 is 5.73 Å². The second-order valence-corrected chi connectivity index (χ2v) is 11.4. The summed E-state index contributed by atoms with van der Waals surface area (Å²) in [6, 6.07) is 36.8. The molecule has 202 valence electrons. The number of rotatable bonds is 10. The Morgan fingerprint density at radius 2 is 1.44 bits per heavy atom. The summed E-state index contributed by atoms with van der Waals surface area (Å²) in [5.41, 5.74) is 12.4. The molecule has 1 heterocycles. The lowest BCUT2D eigenvalue weighted by Gasteiger charge is -2.39. The molecule has 0 unspecified atom stereocenters. The Kier molecular flexibility index (Phi) is 8.18. The number of ether oxygens (including phenoxy) is 1. The lowest BCUT2D eigenvalue weighted by Crippen LogP contribution is -2.46. The number of nitrogens with zero attached hydrogens (tertiary/aromatic N) is 1. The molecule has 4 aromatic rings. The minimum Gasteiger partial charge on any atom is -0.508 e. The Hall–Kier alpha value is -3.44. The predicted molar refractivity (Wildman–Crippen MR) is 159 cm³/mol. The zero-order chi connectivity index (χ0) is 27.3. The van der Waals surface area contributed by atoms with Gasteiger partial charge in [0.1, 0.15) is 5.75 Å². The molecule has 4 nitrogen and oxygen atoms in total. The van der Waals surface area contributed by atoms with Gasteiger partial charge >= 0.3 is 0 Å². The van der Waals surface area contributed by atoms with E-state index in [1.165, 1.54) is 0 Å². The highest BCUT2D eigenvalue weighted by molar-refractivity contribution is 5.64. The maximum absolute atomic E-state index is 9.59. The second kappa shape index (κ2) is 11.7. The van der Waals surface area contributed by atoms with E-state index in [-0.39, 0.29) is 17.4 Å². The topological polar surface area (TPSA) is 58.7 Å². The molecule has 1 fully saturated rings. The summed E-state index contributed by atoms with van der Waals surface area (Å²) < 4.78 is 6.40. The largest absolute Gasteiger partial charge is 0.508 e. The maximum atomic E-state index is 9.59. The number of likely N-dealkylation sites (tertiary alicyclic amines) is 1. The van der Waals surface area contributed by atoms with Gasteiger partial charge in [0.25, 0.3) is 0 Å². The minimum atomic E-state index is -0.530. The van der Waals surface area contributed by atoms with Crippen LogP contribution in [0.5, 0.6) is 5.75 Å². The molecule has 3 N–H and O–H groups in total. The van der Waals surface area contributed by atoms with Crippen LogP contribution in [0.2, 0.25) is 0 Å². The normalized spacial score (nSPS) is 16.4. The lowest BCUT2D eigenvalue weighted by molar-refractivity contribution is 0.0338. The highest BCUT2D eigenvalue weighted by Crippen LogP contribution is 2.36. The molecule has 0 aromatic heterocycles. The standard InChI is InChI=1S/C35H40N2O2/c1-34(2,21-22-35(36,30-12-5-3-6-13-30)31-14-7-4-8-15-31)37-23-20-33(25-37)39-26-27-10-9-11-29(24-27)28-16-18-32(38)19-17-28/h3-19,24,33,38H,20-23,25-26,36H2,1-2H3/t33-/m0/s1. The molecule has 0 aliphatic carbocycles. The Balaban J connectivity index is 1.20. The van der Waals surface area contributed by atoms with Gasteiger partial charge in [0.15, 0.2) is 0 Å². The fourth-order valence-electron chi connectivity index (χ4n) is 5.71. The highest BCUT2D eigenvalue weighted by Gasteiger charge is 2.37. The van der Waals surface area contributed by atoms with Gasteiger partial charge < -0.3 is 15.6 Å². The average Bonchev–Trinajstić information content (AvgIpc) is 3.47. The number of phenols is 1. The van der Waals surface area contributed by atoms with E-state index >= 15 is 0 Å². The van der Waals surface area contributed by atoms with Crippen LogP contribution in [0, 0.1) is 0 Å². The van der Waals surface area contributed by atoms with Gasteiger partial charge in [-0.05, 0) is 79.1 Å². The van der Waals surface area contributed by atoms with Gasteiger partial charge in [-0.3, -0.25) is 4.90 Å². The summed E-state index contributed by atoms with van der Waals surface area (Å²) in [7, 11) is 0. The van der Waals surface area contributed by atoms with Crippen molar-refractivity contribution >= 4 is 0 Å². The van der Waals surface area contributed by atoms with Crippen LogP contribution >= 0.6 is 0 Å². The van der Waals surface area contributed by atoms with Crippen molar-refractivity contribution in [3.05, 3.63) is 126 Å². The number of phenolic OH excluding ortho intramolecular Hbond substituents is 1. The van der Waals surface area contributed by atoms with Crippen LogP contribution in [-0.2, 0) is 16.9 Å². The summed E-state index contributed by atoms with van der Waals surface area (Å²) in [5, 5.41) is 9.59. The third-order valence-electron chi connectivity index (χ3n) is 8.32. The first-order chi connectivity index (χ1) is 18.8. The summed E-state index contributed by atoms with van der Waals surface area (Å²) >= 11 is 0. The fourth-order valence-corrected chi connectivity index (χ4v) is 5.71. The molecule has 0 bridgehead atoms. The molecule has 4 heteroatoms. The monoisotopic (exact) mass is 520 g/mol. The third kappa shape index (κ3) is 6.42. The van der Waals surface area contributed by atoms with E-state index in [1.54, 1.807) is 12.1 Å². The van der Waals surface area contributed by atoms with E-state index in [2.05, 4.69) is 91.5 Å². The Morgan fingerprint density at radius 3 is 2.08 bits per heavy atom. The molecule has 0 radical (unpaired) electrons. The zero-order valence-electron chi connectivity index (χ0n) is 23.1. The van der Waals surface area contributed by atoms with Crippen molar-refractivity contribution in [2.24, 2.45) is 5.73 Å². The van der Waals surface area contributed by atoms with E-state index in [0.29, 0.717) is 6.61 Å². The molecule has 1 atom stereocenters. The van der Waals surface area contributed by atoms with Gasteiger partial charge in [0.2, 0.25) is 0 Å². The summed E-state index contributed by atoms with van der Waals surface area (Å²) in [6.07, 6.45) is 3.09. The molecule has 0 amide bonds. The van der Waals surface area contributed by atoms with Gasteiger partial charge in [-0.25, -0.2) is 0 Å². The molecule has 0 saturated carbocycles. The van der Waals surface area contributed by atoms with Gasteiger partial charge in [-0.15, -0.1) is 0 Å². The van der Waals surface area contributed by atoms with Crippen LogP contribution in [0.25, 0.3) is 11.1 Å². The molecule has 1 aliphatic rings. The fraction of sp³-hybridized carbons (Fsp3) is 0.314. The van der Waals surface area contributed by atoms with E-state index < -0.39 is 5.54 Å². The first-order valence-electron chi connectivity index (χ1n) is 14.0. The van der Waals surface area contributed by atoms with Crippen molar-refractivity contribution in [1.82, 2.24) is 4.90 Å². The quantitative estimate of drug-likeness (QED) is 0.234. The Bertz CT molecular complexity index is 1300. The molecule has 1 saturated heterocycles. The van der Waals surface area contributed by atoms with Crippen LogP contribution in [-0.4, -0.2) is 34.7 Å². The van der Waals surface area contributed by atoms with E-state index in [4.69, 9.17) is 10.5 Å². The van der Waals surface area contributed by atoms with Crippen molar-refractivity contribution in [2.45, 2.75) is 56.9 Å². The smallest absolute Gasteiger partial charge is 0.115 e. The zero-order valence-corrected chi connectivity index (χ0v) is 23.1. The molecular weight excluding hydrogens is 480 g/mol. The summed E-state index contributed by atoms with van der Waals surface area (Å²) in [4.78, 5) is 2.57. The maximum Gasteiger partial charge on any atom is 0.115 e. The van der Waals surface area contributed by atoms with Gasteiger partial charge in [0.05, 0.1) is 18.2 Å². The number of hydrogen-bond donors (Lipinski definition) is 2. The van der Waals surface area contributed by atoms with Crippen molar-refractivity contribution in [3.63, 3.8) is 0 Å².